The number of rotatable bonds is 2. The Bertz CT molecular complexity index is 579. The SMILES string of the molecule is C#CCn1c(-c2ccccc2)nccc1=O. The molecule has 2 rings (SSSR count). The molecule has 2 aromatic rings. The molecule has 78 valence electrons. The number of aromatic nitrogens is 2. The van der Waals surface area contributed by atoms with Gasteiger partial charge in [0.15, 0.2) is 0 Å². The van der Waals surface area contributed by atoms with Gasteiger partial charge in [0, 0.05) is 17.8 Å². The minimum atomic E-state index is -0.133. The van der Waals surface area contributed by atoms with Gasteiger partial charge >= 0.3 is 0 Å². The Morgan fingerprint density at radius 2 is 2.00 bits per heavy atom. The van der Waals surface area contributed by atoms with Crippen LogP contribution in [-0.2, 0) is 6.54 Å². The van der Waals surface area contributed by atoms with E-state index in [2.05, 4.69) is 10.9 Å². The summed E-state index contributed by atoms with van der Waals surface area (Å²) < 4.78 is 1.48. The Labute approximate surface area is 93.4 Å². The molecular weight excluding hydrogens is 200 g/mol. The lowest BCUT2D eigenvalue weighted by atomic mass is 10.2. The Morgan fingerprint density at radius 3 is 2.69 bits per heavy atom. The van der Waals surface area contributed by atoms with Gasteiger partial charge in [-0.25, -0.2) is 4.98 Å². The molecule has 0 saturated heterocycles. The molecule has 3 nitrogen and oxygen atoms in total. The van der Waals surface area contributed by atoms with E-state index in [9.17, 15) is 4.79 Å². The van der Waals surface area contributed by atoms with Gasteiger partial charge in [-0.3, -0.25) is 9.36 Å². The van der Waals surface area contributed by atoms with E-state index >= 15 is 0 Å². The molecule has 0 spiro atoms. The van der Waals surface area contributed by atoms with Crippen LogP contribution in [0.1, 0.15) is 0 Å². The second-order valence-corrected chi connectivity index (χ2v) is 3.26. The Morgan fingerprint density at radius 1 is 1.25 bits per heavy atom. The number of terminal acetylenes is 1. The maximum absolute atomic E-state index is 11.6. The van der Waals surface area contributed by atoms with Crippen molar-refractivity contribution < 1.29 is 0 Å². The summed E-state index contributed by atoms with van der Waals surface area (Å²) >= 11 is 0. The normalized spacial score (nSPS) is 9.69. The first-order chi connectivity index (χ1) is 7.83. The third kappa shape index (κ3) is 1.86. The first-order valence-corrected chi connectivity index (χ1v) is 4.87. The van der Waals surface area contributed by atoms with Gasteiger partial charge in [-0.05, 0) is 0 Å². The van der Waals surface area contributed by atoms with Gasteiger partial charge < -0.3 is 0 Å². The highest BCUT2D eigenvalue weighted by molar-refractivity contribution is 5.54. The van der Waals surface area contributed by atoms with Crippen LogP contribution < -0.4 is 5.56 Å². The zero-order valence-corrected chi connectivity index (χ0v) is 8.63. The van der Waals surface area contributed by atoms with Gasteiger partial charge in [-0.2, -0.15) is 0 Å². The minimum Gasteiger partial charge on any atom is -0.281 e. The lowest BCUT2D eigenvalue weighted by Gasteiger charge is -2.07. The molecule has 1 heterocycles. The average Bonchev–Trinajstić information content (AvgIpc) is 2.33. The summed E-state index contributed by atoms with van der Waals surface area (Å²) in [4.78, 5) is 15.8. The van der Waals surface area contributed by atoms with Crippen LogP contribution in [0.15, 0.2) is 47.4 Å². The zero-order valence-electron chi connectivity index (χ0n) is 8.63. The van der Waals surface area contributed by atoms with Crippen molar-refractivity contribution in [1.82, 2.24) is 9.55 Å². The van der Waals surface area contributed by atoms with Crippen molar-refractivity contribution in [1.29, 1.82) is 0 Å². The van der Waals surface area contributed by atoms with E-state index in [1.54, 1.807) is 0 Å². The molecule has 1 aromatic heterocycles. The molecule has 0 saturated carbocycles. The van der Waals surface area contributed by atoms with E-state index < -0.39 is 0 Å². The van der Waals surface area contributed by atoms with Crippen LogP contribution >= 0.6 is 0 Å². The fraction of sp³-hybridized carbons (Fsp3) is 0.0769. The molecular formula is C13H10N2O. The van der Waals surface area contributed by atoms with Gasteiger partial charge in [0.1, 0.15) is 5.82 Å². The molecule has 0 bridgehead atoms. The van der Waals surface area contributed by atoms with Crippen LogP contribution in [0.4, 0.5) is 0 Å². The summed E-state index contributed by atoms with van der Waals surface area (Å²) in [5.41, 5.74) is 0.752. The summed E-state index contributed by atoms with van der Waals surface area (Å²) in [6, 6.07) is 10.9. The monoisotopic (exact) mass is 210 g/mol. The Kier molecular flexibility index (Phi) is 2.84. The molecule has 1 aromatic carbocycles. The predicted molar refractivity (Wildman–Crippen MR) is 62.8 cm³/mol. The largest absolute Gasteiger partial charge is 0.281 e. The lowest BCUT2D eigenvalue weighted by Crippen LogP contribution is -2.21. The van der Waals surface area contributed by atoms with Gasteiger partial charge in [-0.1, -0.05) is 36.3 Å². The van der Waals surface area contributed by atoms with Crippen molar-refractivity contribution in [3.05, 3.63) is 52.9 Å². The summed E-state index contributed by atoms with van der Waals surface area (Å²) in [7, 11) is 0. The summed E-state index contributed by atoms with van der Waals surface area (Å²) in [6.45, 7) is 0.233. The maximum atomic E-state index is 11.6. The van der Waals surface area contributed by atoms with E-state index in [1.807, 2.05) is 30.3 Å². The molecule has 16 heavy (non-hydrogen) atoms. The summed E-state index contributed by atoms with van der Waals surface area (Å²) in [5, 5.41) is 0. The highest BCUT2D eigenvalue weighted by atomic mass is 16.1. The number of hydrogen-bond donors (Lipinski definition) is 0. The molecule has 0 aliphatic carbocycles. The molecule has 3 heteroatoms. The molecule has 0 amide bonds. The van der Waals surface area contributed by atoms with E-state index in [0.29, 0.717) is 5.82 Å². The second kappa shape index (κ2) is 4.45. The maximum Gasteiger partial charge on any atom is 0.254 e. The van der Waals surface area contributed by atoms with Crippen LogP contribution in [-0.4, -0.2) is 9.55 Å². The summed E-state index contributed by atoms with van der Waals surface area (Å²) in [6.07, 6.45) is 6.74. The first-order valence-electron chi connectivity index (χ1n) is 4.87. The van der Waals surface area contributed by atoms with Crippen molar-refractivity contribution in [3.63, 3.8) is 0 Å². The van der Waals surface area contributed by atoms with E-state index in [0.717, 1.165) is 5.56 Å². The predicted octanol–water partition coefficient (Wildman–Crippen LogP) is 1.54. The van der Waals surface area contributed by atoms with E-state index in [-0.39, 0.29) is 12.1 Å². The Balaban J connectivity index is 2.62. The van der Waals surface area contributed by atoms with Crippen LogP contribution in [0.2, 0.25) is 0 Å². The van der Waals surface area contributed by atoms with Gasteiger partial charge in [0.2, 0.25) is 0 Å². The topological polar surface area (TPSA) is 34.9 Å². The van der Waals surface area contributed by atoms with Crippen LogP contribution in [0.3, 0.4) is 0 Å². The zero-order chi connectivity index (χ0) is 11.4. The van der Waals surface area contributed by atoms with Crippen LogP contribution in [0.5, 0.6) is 0 Å². The fourth-order valence-electron chi connectivity index (χ4n) is 1.50. The van der Waals surface area contributed by atoms with Crippen LogP contribution in [0.25, 0.3) is 11.4 Å². The van der Waals surface area contributed by atoms with Crippen molar-refractivity contribution >= 4 is 0 Å². The molecule has 0 radical (unpaired) electrons. The van der Waals surface area contributed by atoms with Gasteiger partial charge in [-0.15, -0.1) is 6.42 Å². The lowest BCUT2D eigenvalue weighted by molar-refractivity contribution is 0.781. The molecule has 0 fully saturated rings. The first kappa shape index (κ1) is 10.2. The average molecular weight is 210 g/mol. The molecule has 0 aliphatic rings. The number of benzene rings is 1. The quantitative estimate of drug-likeness (QED) is 0.705. The smallest absolute Gasteiger partial charge is 0.254 e. The molecule has 0 aliphatic heterocycles. The third-order valence-corrected chi connectivity index (χ3v) is 2.22. The van der Waals surface area contributed by atoms with Crippen molar-refractivity contribution in [3.8, 4) is 23.7 Å². The highest BCUT2D eigenvalue weighted by Gasteiger charge is 2.05. The van der Waals surface area contributed by atoms with E-state index in [1.165, 1.54) is 16.8 Å². The minimum absolute atomic E-state index is 0.133. The molecule has 0 N–H and O–H groups in total. The second-order valence-electron chi connectivity index (χ2n) is 3.26. The number of hydrogen-bond acceptors (Lipinski definition) is 2. The highest BCUT2D eigenvalue weighted by Crippen LogP contribution is 2.13. The van der Waals surface area contributed by atoms with Gasteiger partial charge in [0.25, 0.3) is 5.56 Å². The Hall–Kier alpha value is -2.34. The van der Waals surface area contributed by atoms with Crippen molar-refractivity contribution in [2.75, 3.05) is 0 Å². The third-order valence-electron chi connectivity index (χ3n) is 2.22. The number of nitrogens with zero attached hydrogens (tertiary/aromatic N) is 2. The van der Waals surface area contributed by atoms with Gasteiger partial charge in [0.05, 0.1) is 6.54 Å². The van der Waals surface area contributed by atoms with E-state index in [4.69, 9.17) is 6.42 Å². The molecule has 0 atom stereocenters. The van der Waals surface area contributed by atoms with Crippen molar-refractivity contribution in [2.24, 2.45) is 0 Å². The van der Waals surface area contributed by atoms with Crippen molar-refractivity contribution in [2.45, 2.75) is 6.54 Å². The standard InChI is InChI=1S/C13H10N2O/c1-2-10-15-12(16)8-9-14-13(15)11-6-4-3-5-7-11/h1,3-9H,10H2. The fourth-order valence-corrected chi connectivity index (χ4v) is 1.50. The van der Waals surface area contributed by atoms with Crippen LogP contribution in [0, 0.1) is 12.3 Å². The molecule has 0 unspecified atom stereocenters. The summed E-state index contributed by atoms with van der Waals surface area (Å²) in [5.74, 6) is 3.06.